The fourth-order valence-corrected chi connectivity index (χ4v) is 2.84. The van der Waals surface area contributed by atoms with Crippen LogP contribution in [-0.4, -0.2) is 23.0 Å². The molecule has 3 aromatic rings. The lowest BCUT2D eigenvalue weighted by atomic mass is 10.2. The summed E-state index contributed by atoms with van der Waals surface area (Å²) in [6, 6.07) is 12.9. The van der Waals surface area contributed by atoms with Crippen molar-refractivity contribution in [2.45, 2.75) is 6.54 Å². The van der Waals surface area contributed by atoms with Crippen LogP contribution in [0.15, 0.2) is 52.4 Å². The second-order valence-corrected chi connectivity index (χ2v) is 6.23. The molecule has 4 nitrogen and oxygen atoms in total. The van der Waals surface area contributed by atoms with E-state index in [2.05, 4.69) is 5.16 Å². The third kappa shape index (κ3) is 3.21. The minimum absolute atomic E-state index is 0.179. The number of nitrogens with zero attached hydrogens (tertiary/aromatic N) is 2. The van der Waals surface area contributed by atoms with Crippen LogP contribution in [0.2, 0.25) is 5.02 Å². The van der Waals surface area contributed by atoms with Crippen molar-refractivity contribution in [2.75, 3.05) is 7.05 Å². The average Bonchev–Trinajstić information content (AvgIpc) is 3.19. The minimum atomic E-state index is -0.179. The number of halogens is 1. The molecule has 0 atom stereocenters. The Hall–Kier alpha value is -2.11. The third-order valence-electron chi connectivity index (χ3n) is 3.17. The number of hydrogen-bond acceptors (Lipinski definition) is 4. The highest BCUT2D eigenvalue weighted by molar-refractivity contribution is 7.13. The van der Waals surface area contributed by atoms with Crippen LogP contribution in [0, 0.1) is 0 Å². The van der Waals surface area contributed by atoms with E-state index in [0.717, 1.165) is 10.4 Å². The Morgan fingerprint density at radius 3 is 2.77 bits per heavy atom. The van der Waals surface area contributed by atoms with Crippen molar-refractivity contribution in [3.8, 4) is 10.6 Å². The molecular formula is C16H13ClN2O2S. The van der Waals surface area contributed by atoms with Crippen LogP contribution >= 0.6 is 22.9 Å². The number of thiophene rings is 1. The van der Waals surface area contributed by atoms with Gasteiger partial charge in [0.05, 0.1) is 4.88 Å². The van der Waals surface area contributed by atoms with E-state index in [9.17, 15) is 4.79 Å². The smallest absolute Gasteiger partial charge is 0.276 e. The maximum absolute atomic E-state index is 12.4. The quantitative estimate of drug-likeness (QED) is 0.714. The Morgan fingerprint density at radius 2 is 2.09 bits per heavy atom. The van der Waals surface area contributed by atoms with Crippen LogP contribution in [0.25, 0.3) is 10.6 Å². The minimum Gasteiger partial charge on any atom is -0.355 e. The molecule has 0 aliphatic rings. The standard InChI is InChI=1S/C16H13ClN2O2S/c1-19(10-11-4-6-12(17)7-5-11)16(20)13-9-14(21-18-13)15-3-2-8-22-15/h2-9H,10H2,1H3. The predicted octanol–water partition coefficient (Wildman–Crippen LogP) is 4.33. The summed E-state index contributed by atoms with van der Waals surface area (Å²) in [5.74, 6) is 0.430. The predicted molar refractivity (Wildman–Crippen MR) is 87.1 cm³/mol. The van der Waals surface area contributed by atoms with Crippen molar-refractivity contribution in [1.82, 2.24) is 10.1 Å². The Bertz CT molecular complexity index is 766. The van der Waals surface area contributed by atoms with Gasteiger partial charge in [0.2, 0.25) is 0 Å². The summed E-state index contributed by atoms with van der Waals surface area (Å²) >= 11 is 7.40. The molecule has 6 heteroatoms. The first-order valence-corrected chi connectivity index (χ1v) is 7.90. The first kappa shape index (κ1) is 14.8. The van der Waals surface area contributed by atoms with Gasteiger partial charge in [0.15, 0.2) is 11.5 Å². The Balaban J connectivity index is 1.72. The molecule has 3 rings (SSSR count). The summed E-state index contributed by atoms with van der Waals surface area (Å²) in [7, 11) is 1.73. The molecule has 112 valence electrons. The highest BCUT2D eigenvalue weighted by Crippen LogP contribution is 2.25. The van der Waals surface area contributed by atoms with Crippen molar-refractivity contribution in [1.29, 1.82) is 0 Å². The Labute approximate surface area is 136 Å². The summed E-state index contributed by atoms with van der Waals surface area (Å²) in [5, 5.41) is 6.49. The SMILES string of the molecule is CN(Cc1ccc(Cl)cc1)C(=O)c1cc(-c2cccs2)on1. The molecule has 2 aromatic heterocycles. The lowest BCUT2D eigenvalue weighted by Crippen LogP contribution is -2.26. The molecule has 0 fully saturated rings. The van der Waals surface area contributed by atoms with Crippen LogP contribution in [0.5, 0.6) is 0 Å². The van der Waals surface area contributed by atoms with E-state index < -0.39 is 0 Å². The zero-order chi connectivity index (χ0) is 15.5. The van der Waals surface area contributed by atoms with Crippen LogP contribution in [0.3, 0.4) is 0 Å². The molecule has 0 unspecified atom stereocenters. The summed E-state index contributed by atoms with van der Waals surface area (Å²) < 4.78 is 5.24. The maximum Gasteiger partial charge on any atom is 0.276 e. The molecule has 0 aliphatic heterocycles. The summed E-state index contributed by atoms with van der Waals surface area (Å²) in [5.41, 5.74) is 1.31. The number of hydrogen-bond donors (Lipinski definition) is 0. The number of benzene rings is 1. The molecule has 0 bridgehead atoms. The molecule has 0 N–H and O–H groups in total. The number of carbonyl (C=O) groups excluding carboxylic acids is 1. The van der Waals surface area contributed by atoms with Crippen molar-refractivity contribution >= 4 is 28.8 Å². The first-order chi connectivity index (χ1) is 10.6. The van der Waals surface area contributed by atoms with Gasteiger partial charge >= 0.3 is 0 Å². The molecule has 1 amide bonds. The van der Waals surface area contributed by atoms with Crippen molar-refractivity contribution in [3.63, 3.8) is 0 Å². The Kier molecular flexibility index (Phi) is 4.27. The highest BCUT2D eigenvalue weighted by Gasteiger charge is 2.18. The topological polar surface area (TPSA) is 46.3 Å². The van der Waals surface area contributed by atoms with Crippen LogP contribution in [0.1, 0.15) is 16.1 Å². The number of carbonyl (C=O) groups is 1. The van der Waals surface area contributed by atoms with Gasteiger partial charge in [0.1, 0.15) is 0 Å². The first-order valence-electron chi connectivity index (χ1n) is 6.64. The fraction of sp³-hybridized carbons (Fsp3) is 0.125. The maximum atomic E-state index is 12.4. The zero-order valence-corrected chi connectivity index (χ0v) is 13.4. The van der Waals surface area contributed by atoms with E-state index in [1.54, 1.807) is 41.5 Å². The number of aromatic nitrogens is 1. The second-order valence-electron chi connectivity index (χ2n) is 4.84. The molecular weight excluding hydrogens is 320 g/mol. The van der Waals surface area contributed by atoms with Gasteiger partial charge in [-0.05, 0) is 29.1 Å². The van der Waals surface area contributed by atoms with Crippen LogP contribution in [0.4, 0.5) is 0 Å². The van der Waals surface area contributed by atoms with Gasteiger partial charge in [-0.1, -0.05) is 35.0 Å². The van der Waals surface area contributed by atoms with Gasteiger partial charge in [0, 0.05) is 24.7 Å². The van der Waals surface area contributed by atoms with Gasteiger partial charge in [-0.3, -0.25) is 4.79 Å². The van der Waals surface area contributed by atoms with E-state index in [1.165, 1.54) is 0 Å². The summed E-state index contributed by atoms with van der Waals surface area (Å²) in [4.78, 5) is 14.9. The molecule has 1 aromatic carbocycles. The monoisotopic (exact) mass is 332 g/mol. The summed E-state index contributed by atoms with van der Waals surface area (Å²) in [6.07, 6.45) is 0. The van der Waals surface area contributed by atoms with E-state index >= 15 is 0 Å². The van der Waals surface area contributed by atoms with Gasteiger partial charge in [-0.15, -0.1) is 11.3 Å². The number of rotatable bonds is 4. The van der Waals surface area contributed by atoms with E-state index in [-0.39, 0.29) is 5.91 Å². The Morgan fingerprint density at radius 1 is 1.32 bits per heavy atom. The van der Waals surface area contributed by atoms with Crippen LogP contribution in [-0.2, 0) is 6.54 Å². The average molecular weight is 333 g/mol. The van der Waals surface area contributed by atoms with Crippen molar-refractivity contribution in [2.24, 2.45) is 0 Å². The van der Waals surface area contributed by atoms with E-state index in [4.69, 9.17) is 16.1 Å². The zero-order valence-electron chi connectivity index (χ0n) is 11.8. The third-order valence-corrected chi connectivity index (χ3v) is 4.31. The highest BCUT2D eigenvalue weighted by atomic mass is 35.5. The molecule has 0 saturated heterocycles. The molecule has 22 heavy (non-hydrogen) atoms. The molecule has 0 radical (unpaired) electrons. The molecule has 0 saturated carbocycles. The lowest BCUT2D eigenvalue weighted by molar-refractivity contribution is 0.0775. The largest absolute Gasteiger partial charge is 0.355 e. The van der Waals surface area contributed by atoms with Crippen molar-refractivity contribution in [3.05, 3.63) is 64.1 Å². The summed E-state index contributed by atoms with van der Waals surface area (Å²) in [6.45, 7) is 0.483. The second kappa shape index (κ2) is 6.34. The molecule has 0 spiro atoms. The normalized spacial score (nSPS) is 10.6. The van der Waals surface area contributed by atoms with Gasteiger partial charge in [0.25, 0.3) is 5.91 Å². The molecule has 2 heterocycles. The van der Waals surface area contributed by atoms with Gasteiger partial charge in [-0.25, -0.2) is 0 Å². The van der Waals surface area contributed by atoms with E-state index in [0.29, 0.717) is 23.0 Å². The van der Waals surface area contributed by atoms with Crippen LogP contribution < -0.4 is 0 Å². The molecule has 0 aliphatic carbocycles. The van der Waals surface area contributed by atoms with Crippen molar-refractivity contribution < 1.29 is 9.32 Å². The number of amides is 1. The van der Waals surface area contributed by atoms with E-state index in [1.807, 2.05) is 29.6 Å². The van der Waals surface area contributed by atoms with Gasteiger partial charge < -0.3 is 9.42 Å². The lowest BCUT2D eigenvalue weighted by Gasteiger charge is -2.15. The van der Waals surface area contributed by atoms with Gasteiger partial charge in [-0.2, -0.15) is 0 Å². The fourth-order valence-electron chi connectivity index (χ4n) is 2.04.